The summed E-state index contributed by atoms with van der Waals surface area (Å²) >= 11 is 0. The lowest BCUT2D eigenvalue weighted by molar-refractivity contribution is -0.141. The van der Waals surface area contributed by atoms with Crippen LogP contribution in [0.1, 0.15) is 49.1 Å². The molecule has 0 saturated heterocycles. The van der Waals surface area contributed by atoms with E-state index in [0.29, 0.717) is 6.54 Å². The van der Waals surface area contributed by atoms with Crippen molar-refractivity contribution in [1.82, 2.24) is 10.3 Å². The molecule has 0 aliphatic rings. The number of rotatable bonds is 8. The van der Waals surface area contributed by atoms with Gasteiger partial charge in [0.2, 0.25) is 0 Å². The van der Waals surface area contributed by atoms with E-state index in [1.54, 1.807) is 0 Å². The van der Waals surface area contributed by atoms with E-state index in [1.807, 2.05) is 6.92 Å². The molecule has 2 N–H and O–H groups in total. The number of aromatic nitrogens is 1. The fourth-order valence-electron chi connectivity index (χ4n) is 2.72. The summed E-state index contributed by atoms with van der Waals surface area (Å²) in [7, 11) is 0. The number of alkyl halides is 6. The van der Waals surface area contributed by atoms with E-state index in [1.165, 1.54) is 6.07 Å². The molecule has 3 nitrogen and oxygen atoms in total. The van der Waals surface area contributed by atoms with Crippen molar-refractivity contribution >= 4 is 0 Å². The number of nitrogens with zero attached hydrogens (tertiary/aromatic N) is 1. The fraction of sp³-hybridized carbons (Fsp3) is 0.450. The molecule has 1 heterocycles. The summed E-state index contributed by atoms with van der Waals surface area (Å²) in [5, 5.41) is 13.3. The largest absolute Gasteiger partial charge is 0.433 e. The molecule has 0 bridgehead atoms. The van der Waals surface area contributed by atoms with Crippen LogP contribution in [-0.2, 0) is 12.4 Å². The van der Waals surface area contributed by atoms with E-state index in [-0.39, 0.29) is 23.4 Å². The van der Waals surface area contributed by atoms with Crippen molar-refractivity contribution in [2.45, 2.75) is 44.6 Å². The molecule has 29 heavy (non-hydrogen) atoms. The number of aliphatic hydroxyl groups excluding tert-OH is 1. The molecule has 0 spiro atoms. The summed E-state index contributed by atoms with van der Waals surface area (Å²) in [6, 6.07) is 5.70. The highest BCUT2D eigenvalue weighted by Gasteiger charge is 2.34. The Morgan fingerprint density at radius 3 is 2.17 bits per heavy atom. The lowest BCUT2D eigenvalue weighted by Crippen LogP contribution is -2.23. The molecule has 2 aromatic rings. The van der Waals surface area contributed by atoms with Gasteiger partial charge in [-0.05, 0) is 42.8 Å². The molecular weight excluding hydrogens is 398 g/mol. The van der Waals surface area contributed by atoms with Gasteiger partial charge in [-0.1, -0.05) is 31.9 Å². The number of halogens is 6. The zero-order valence-electron chi connectivity index (χ0n) is 15.7. The molecule has 0 saturated carbocycles. The Kier molecular flexibility index (Phi) is 7.65. The third-order valence-electron chi connectivity index (χ3n) is 4.33. The van der Waals surface area contributed by atoms with Crippen LogP contribution in [0.2, 0.25) is 0 Å². The van der Waals surface area contributed by atoms with Crippen molar-refractivity contribution in [1.29, 1.82) is 0 Å². The summed E-state index contributed by atoms with van der Waals surface area (Å²) in [5.74, 6) is 0. The molecule has 1 atom stereocenters. The molecule has 0 aliphatic carbocycles. The van der Waals surface area contributed by atoms with E-state index < -0.39 is 29.7 Å². The lowest BCUT2D eigenvalue weighted by atomic mass is 10.0. The van der Waals surface area contributed by atoms with E-state index in [4.69, 9.17) is 0 Å². The van der Waals surface area contributed by atoms with Crippen molar-refractivity contribution < 1.29 is 31.4 Å². The third-order valence-corrected chi connectivity index (χ3v) is 4.33. The summed E-state index contributed by atoms with van der Waals surface area (Å²) in [6.45, 7) is 2.71. The number of nitrogens with one attached hydrogen (secondary N) is 1. The lowest BCUT2D eigenvalue weighted by Gasteiger charge is -2.16. The van der Waals surface area contributed by atoms with Crippen molar-refractivity contribution in [3.63, 3.8) is 0 Å². The first-order chi connectivity index (χ1) is 13.5. The number of pyridine rings is 1. The Labute approximate surface area is 164 Å². The second-order valence-electron chi connectivity index (χ2n) is 6.67. The van der Waals surface area contributed by atoms with Crippen molar-refractivity contribution in [2.75, 3.05) is 13.1 Å². The highest BCUT2D eigenvalue weighted by atomic mass is 19.4. The first kappa shape index (κ1) is 23.2. The van der Waals surface area contributed by atoms with Gasteiger partial charge in [-0.15, -0.1) is 0 Å². The molecule has 0 fully saturated rings. The number of hydrogen-bond acceptors (Lipinski definition) is 3. The van der Waals surface area contributed by atoms with Crippen LogP contribution in [0.3, 0.4) is 0 Å². The maximum Gasteiger partial charge on any atom is 0.433 e. The standard InChI is InChI=1S/C20H22F6N2O/c1-2-3-4-9-27-12-17(29)14-10-16(28-18(11-14)20(24,25)26)13-5-7-15(8-6-13)19(21,22)23/h5-8,10-11,17,27,29H,2-4,9,12H2,1H3/t17-/m0/s1. The Balaban J connectivity index is 2.29. The first-order valence-electron chi connectivity index (χ1n) is 9.18. The maximum absolute atomic E-state index is 13.2. The van der Waals surface area contributed by atoms with Gasteiger partial charge in [0.15, 0.2) is 0 Å². The minimum atomic E-state index is -4.76. The molecule has 2 rings (SSSR count). The first-order valence-corrected chi connectivity index (χ1v) is 9.18. The van der Waals surface area contributed by atoms with Crippen LogP contribution in [0.25, 0.3) is 11.3 Å². The molecule has 0 aliphatic heterocycles. The van der Waals surface area contributed by atoms with Gasteiger partial charge in [0.25, 0.3) is 0 Å². The predicted molar refractivity (Wildman–Crippen MR) is 97.0 cm³/mol. The molecule has 9 heteroatoms. The summed E-state index contributed by atoms with van der Waals surface area (Å²) in [5.41, 5.74) is -2.20. The number of hydrogen-bond donors (Lipinski definition) is 2. The summed E-state index contributed by atoms with van der Waals surface area (Å²) in [4.78, 5) is 3.53. The van der Waals surface area contributed by atoms with Crippen molar-refractivity contribution in [3.8, 4) is 11.3 Å². The monoisotopic (exact) mass is 420 g/mol. The van der Waals surface area contributed by atoms with Gasteiger partial charge < -0.3 is 10.4 Å². The summed E-state index contributed by atoms with van der Waals surface area (Å²) in [6.07, 6.45) is -7.64. The zero-order chi connectivity index (χ0) is 21.7. The highest BCUT2D eigenvalue weighted by molar-refractivity contribution is 5.61. The molecule has 1 aromatic heterocycles. The maximum atomic E-state index is 13.2. The van der Waals surface area contributed by atoms with E-state index >= 15 is 0 Å². The van der Waals surface area contributed by atoms with Crippen LogP contribution < -0.4 is 5.32 Å². The van der Waals surface area contributed by atoms with Crippen LogP contribution >= 0.6 is 0 Å². The number of aliphatic hydroxyl groups is 1. The normalized spacial score (nSPS) is 13.5. The highest BCUT2D eigenvalue weighted by Crippen LogP contribution is 2.34. The van der Waals surface area contributed by atoms with Crippen LogP contribution in [0.5, 0.6) is 0 Å². The average molecular weight is 420 g/mol. The quantitative estimate of drug-likeness (QED) is 0.432. The van der Waals surface area contributed by atoms with Crippen LogP contribution in [-0.4, -0.2) is 23.2 Å². The second-order valence-corrected chi connectivity index (χ2v) is 6.67. The molecule has 160 valence electrons. The van der Waals surface area contributed by atoms with Gasteiger partial charge in [-0.3, -0.25) is 0 Å². The molecule has 0 radical (unpaired) electrons. The Morgan fingerprint density at radius 1 is 0.966 bits per heavy atom. The fourth-order valence-corrected chi connectivity index (χ4v) is 2.72. The smallest absolute Gasteiger partial charge is 0.387 e. The molecule has 1 aromatic carbocycles. The van der Waals surface area contributed by atoms with E-state index in [0.717, 1.165) is 49.6 Å². The van der Waals surface area contributed by atoms with Gasteiger partial charge in [-0.25, -0.2) is 4.98 Å². The van der Waals surface area contributed by atoms with Crippen molar-refractivity contribution in [3.05, 3.63) is 53.2 Å². The Morgan fingerprint density at radius 2 is 1.62 bits per heavy atom. The predicted octanol–water partition coefficient (Wildman–Crippen LogP) is 5.60. The number of unbranched alkanes of at least 4 members (excludes halogenated alkanes) is 2. The summed E-state index contributed by atoms with van der Waals surface area (Å²) < 4.78 is 77.8. The Hall–Kier alpha value is -2.13. The Bertz CT molecular complexity index is 787. The minimum Gasteiger partial charge on any atom is -0.387 e. The second kappa shape index (κ2) is 9.58. The van der Waals surface area contributed by atoms with Gasteiger partial charge in [-0.2, -0.15) is 26.3 Å². The van der Waals surface area contributed by atoms with Crippen LogP contribution in [0.15, 0.2) is 36.4 Å². The van der Waals surface area contributed by atoms with E-state index in [9.17, 15) is 31.4 Å². The van der Waals surface area contributed by atoms with Crippen molar-refractivity contribution in [2.24, 2.45) is 0 Å². The van der Waals surface area contributed by atoms with E-state index in [2.05, 4.69) is 10.3 Å². The van der Waals surface area contributed by atoms with Gasteiger partial charge in [0.05, 0.1) is 17.4 Å². The van der Waals surface area contributed by atoms with Gasteiger partial charge in [0, 0.05) is 12.1 Å². The zero-order valence-corrected chi connectivity index (χ0v) is 15.7. The number of benzene rings is 1. The van der Waals surface area contributed by atoms with Crippen LogP contribution in [0, 0.1) is 0 Å². The van der Waals surface area contributed by atoms with Gasteiger partial charge >= 0.3 is 12.4 Å². The minimum absolute atomic E-state index is 0.00906. The SMILES string of the molecule is CCCCCNC[C@H](O)c1cc(-c2ccc(C(F)(F)F)cc2)nc(C(F)(F)F)c1. The van der Waals surface area contributed by atoms with Crippen LogP contribution in [0.4, 0.5) is 26.3 Å². The molecule has 0 unspecified atom stereocenters. The molecule has 0 amide bonds. The third kappa shape index (κ3) is 6.71. The van der Waals surface area contributed by atoms with Gasteiger partial charge in [0.1, 0.15) is 5.69 Å². The molecular formula is C20H22F6N2O. The topological polar surface area (TPSA) is 45.1 Å². The average Bonchev–Trinajstić information content (AvgIpc) is 2.66.